The Bertz CT molecular complexity index is 281. The molecule has 0 heterocycles. The molecule has 0 spiro atoms. The van der Waals surface area contributed by atoms with E-state index >= 15 is 0 Å². The first-order chi connectivity index (χ1) is 6.58. The molecule has 5 heteroatoms. The minimum atomic E-state index is -4.48. The van der Waals surface area contributed by atoms with Gasteiger partial charge in [-0.25, -0.2) is 0 Å². The smallest absolute Gasteiger partial charge is 0.393 e. The van der Waals surface area contributed by atoms with E-state index < -0.39 is 17.3 Å². The van der Waals surface area contributed by atoms with Crippen LogP contribution in [0.5, 0.6) is 0 Å². The fourth-order valence-electron chi connectivity index (χ4n) is 2.21. The third-order valence-electron chi connectivity index (χ3n) is 3.11. The number of hydrogen-bond donors (Lipinski definition) is 1. The Morgan fingerprint density at radius 2 is 1.93 bits per heavy atom. The van der Waals surface area contributed by atoms with Crippen molar-refractivity contribution in [1.82, 2.24) is 0 Å². The van der Waals surface area contributed by atoms with E-state index in [-0.39, 0.29) is 17.3 Å². The lowest BCUT2D eigenvalue weighted by Crippen LogP contribution is -2.08. The SMILES string of the molecule is CC(O)[C@H]1[C@@H](/C=C(\Cl)C(F)(F)F)C1(C)C. The van der Waals surface area contributed by atoms with Gasteiger partial charge in [0.05, 0.1) is 6.10 Å². The summed E-state index contributed by atoms with van der Waals surface area (Å²) in [5.41, 5.74) is -0.306. The molecule has 15 heavy (non-hydrogen) atoms. The molecule has 88 valence electrons. The zero-order valence-corrected chi connectivity index (χ0v) is 9.52. The number of aliphatic hydroxyl groups is 1. The number of halogens is 4. The molecule has 1 rings (SSSR count). The van der Waals surface area contributed by atoms with E-state index in [0.29, 0.717) is 0 Å². The van der Waals surface area contributed by atoms with Crippen molar-refractivity contribution in [3.63, 3.8) is 0 Å². The molecule has 1 aliphatic carbocycles. The van der Waals surface area contributed by atoms with E-state index in [9.17, 15) is 18.3 Å². The van der Waals surface area contributed by atoms with E-state index in [4.69, 9.17) is 11.6 Å². The molecule has 1 saturated carbocycles. The number of alkyl halides is 3. The van der Waals surface area contributed by atoms with Crippen LogP contribution in [0.25, 0.3) is 0 Å². The van der Waals surface area contributed by atoms with Crippen molar-refractivity contribution in [3.05, 3.63) is 11.1 Å². The summed E-state index contributed by atoms with van der Waals surface area (Å²) in [7, 11) is 0. The third-order valence-corrected chi connectivity index (χ3v) is 3.45. The van der Waals surface area contributed by atoms with Gasteiger partial charge < -0.3 is 5.11 Å². The van der Waals surface area contributed by atoms with E-state index in [2.05, 4.69) is 0 Å². The Hall–Kier alpha value is -0.220. The van der Waals surface area contributed by atoms with Crippen LogP contribution in [0, 0.1) is 17.3 Å². The lowest BCUT2D eigenvalue weighted by molar-refractivity contribution is -0.0848. The Morgan fingerprint density at radius 1 is 1.47 bits per heavy atom. The molecule has 1 N–H and O–H groups in total. The van der Waals surface area contributed by atoms with Crippen LogP contribution < -0.4 is 0 Å². The third kappa shape index (κ3) is 2.48. The van der Waals surface area contributed by atoms with Gasteiger partial charge >= 0.3 is 6.18 Å². The van der Waals surface area contributed by atoms with Gasteiger partial charge in [-0.2, -0.15) is 13.2 Å². The fourth-order valence-corrected chi connectivity index (χ4v) is 2.35. The van der Waals surface area contributed by atoms with Gasteiger partial charge in [-0.15, -0.1) is 0 Å². The molecule has 0 radical (unpaired) electrons. The highest BCUT2D eigenvalue weighted by atomic mass is 35.5. The molecule has 1 aliphatic rings. The normalized spacial score (nSPS) is 32.7. The maximum atomic E-state index is 12.2. The van der Waals surface area contributed by atoms with Crippen molar-refractivity contribution in [3.8, 4) is 0 Å². The zero-order chi connectivity index (χ0) is 12.0. The first kappa shape index (κ1) is 12.8. The maximum absolute atomic E-state index is 12.2. The van der Waals surface area contributed by atoms with Crippen LogP contribution in [0.2, 0.25) is 0 Å². The van der Waals surface area contributed by atoms with Gasteiger partial charge in [-0.1, -0.05) is 31.5 Å². The van der Waals surface area contributed by atoms with Crippen molar-refractivity contribution in [2.45, 2.75) is 33.1 Å². The van der Waals surface area contributed by atoms with Gasteiger partial charge in [0, 0.05) is 0 Å². The second-order valence-corrected chi connectivity index (χ2v) is 5.03. The van der Waals surface area contributed by atoms with Crippen molar-refractivity contribution in [1.29, 1.82) is 0 Å². The summed E-state index contributed by atoms with van der Waals surface area (Å²) >= 11 is 5.14. The van der Waals surface area contributed by atoms with Crippen molar-refractivity contribution >= 4 is 11.6 Å². The number of aliphatic hydroxyl groups excluding tert-OH is 1. The molecule has 0 aromatic carbocycles. The maximum Gasteiger partial charge on any atom is 0.426 e. The molecule has 0 aromatic rings. The van der Waals surface area contributed by atoms with Gasteiger partial charge in [0.2, 0.25) is 0 Å². The van der Waals surface area contributed by atoms with E-state index in [1.165, 1.54) is 0 Å². The van der Waals surface area contributed by atoms with Gasteiger partial charge in [-0.3, -0.25) is 0 Å². The summed E-state index contributed by atoms with van der Waals surface area (Å²) in [6.07, 6.45) is -4.08. The minimum absolute atomic E-state index is 0.145. The summed E-state index contributed by atoms with van der Waals surface area (Å²) in [4.78, 5) is 0. The zero-order valence-electron chi connectivity index (χ0n) is 8.77. The average Bonchev–Trinajstić information content (AvgIpc) is 2.50. The Balaban J connectivity index is 2.78. The summed E-state index contributed by atoms with van der Waals surface area (Å²) in [5.74, 6) is -0.444. The molecular weight excluding hydrogens is 229 g/mol. The van der Waals surface area contributed by atoms with E-state index in [0.717, 1.165) is 6.08 Å². The number of hydrogen-bond acceptors (Lipinski definition) is 1. The van der Waals surface area contributed by atoms with Gasteiger partial charge in [0.25, 0.3) is 0 Å². The predicted molar refractivity (Wildman–Crippen MR) is 52.4 cm³/mol. The van der Waals surface area contributed by atoms with Gasteiger partial charge in [0.1, 0.15) is 5.03 Å². The Kier molecular flexibility index (Phi) is 3.14. The Morgan fingerprint density at radius 3 is 2.20 bits per heavy atom. The first-order valence-corrected chi connectivity index (χ1v) is 5.09. The summed E-state index contributed by atoms with van der Waals surface area (Å²) in [5, 5.41) is 8.27. The van der Waals surface area contributed by atoms with Crippen LogP contribution in [0.15, 0.2) is 11.1 Å². The van der Waals surface area contributed by atoms with E-state index in [1.807, 2.05) is 13.8 Å². The fraction of sp³-hybridized carbons (Fsp3) is 0.800. The lowest BCUT2D eigenvalue weighted by Gasteiger charge is -2.04. The highest BCUT2D eigenvalue weighted by molar-refractivity contribution is 6.30. The second-order valence-electron chi connectivity index (χ2n) is 4.63. The minimum Gasteiger partial charge on any atom is -0.393 e. The number of rotatable bonds is 2. The summed E-state index contributed by atoms with van der Waals surface area (Å²) < 4.78 is 36.5. The standard InChI is InChI=1S/C10H14ClF3O/c1-5(15)8-6(9(8,2)3)4-7(11)10(12,13)14/h4-6,8,15H,1-3H3/b7-4-/t5?,6-,8+/m1/s1. The van der Waals surface area contributed by atoms with Crippen LogP contribution >= 0.6 is 11.6 Å². The molecule has 1 unspecified atom stereocenters. The van der Waals surface area contributed by atoms with Crippen molar-refractivity contribution in [2.24, 2.45) is 17.3 Å². The van der Waals surface area contributed by atoms with Crippen molar-refractivity contribution < 1.29 is 18.3 Å². The molecule has 0 aliphatic heterocycles. The van der Waals surface area contributed by atoms with Crippen LogP contribution in [0.1, 0.15) is 20.8 Å². The molecule has 1 nitrogen and oxygen atoms in total. The molecule has 0 bridgehead atoms. The largest absolute Gasteiger partial charge is 0.426 e. The molecule has 0 aromatic heterocycles. The molecule has 0 amide bonds. The van der Waals surface area contributed by atoms with Crippen LogP contribution in [0.3, 0.4) is 0 Å². The average molecular weight is 243 g/mol. The lowest BCUT2D eigenvalue weighted by atomic mass is 10.1. The van der Waals surface area contributed by atoms with Crippen molar-refractivity contribution in [2.75, 3.05) is 0 Å². The van der Waals surface area contributed by atoms with Gasteiger partial charge in [-0.05, 0) is 24.2 Å². The monoisotopic (exact) mass is 242 g/mol. The Labute approximate surface area is 91.9 Å². The summed E-state index contributed by atoms with van der Waals surface area (Å²) in [6, 6.07) is 0. The summed E-state index contributed by atoms with van der Waals surface area (Å²) in [6.45, 7) is 5.24. The topological polar surface area (TPSA) is 20.2 Å². The quantitative estimate of drug-likeness (QED) is 0.788. The van der Waals surface area contributed by atoms with Crippen LogP contribution in [-0.4, -0.2) is 17.4 Å². The molecule has 1 fully saturated rings. The van der Waals surface area contributed by atoms with Crippen LogP contribution in [-0.2, 0) is 0 Å². The molecule has 0 saturated heterocycles. The highest BCUT2D eigenvalue weighted by Crippen LogP contribution is 2.61. The number of allylic oxidation sites excluding steroid dienone is 2. The van der Waals surface area contributed by atoms with Crippen LogP contribution in [0.4, 0.5) is 13.2 Å². The van der Waals surface area contributed by atoms with E-state index in [1.54, 1.807) is 6.92 Å². The second kappa shape index (κ2) is 3.67. The molecule has 3 atom stereocenters. The predicted octanol–water partition coefficient (Wildman–Crippen LogP) is 3.32. The molecular formula is C10H14ClF3O. The highest BCUT2D eigenvalue weighted by Gasteiger charge is 2.59. The van der Waals surface area contributed by atoms with Gasteiger partial charge in [0.15, 0.2) is 0 Å². The first-order valence-electron chi connectivity index (χ1n) is 4.71.